The highest BCUT2D eigenvalue weighted by molar-refractivity contribution is 7.15. The molecule has 1 atom stereocenters. The predicted octanol–water partition coefficient (Wildman–Crippen LogP) is 6.11. The predicted molar refractivity (Wildman–Crippen MR) is 136 cm³/mol. The van der Waals surface area contributed by atoms with Gasteiger partial charge in [-0.2, -0.15) is 0 Å². The molecular formula is C28H28FNO5S. The molecule has 1 aliphatic carbocycles. The molecule has 6 nitrogen and oxygen atoms in total. The smallest absolute Gasteiger partial charge is 0.341 e. The summed E-state index contributed by atoms with van der Waals surface area (Å²) in [4.78, 5) is 39.1. The number of carbonyl (C=O) groups is 3. The summed E-state index contributed by atoms with van der Waals surface area (Å²) in [7, 11) is 0. The zero-order chi connectivity index (χ0) is 25.7. The van der Waals surface area contributed by atoms with E-state index in [1.165, 1.54) is 30.4 Å². The quantitative estimate of drug-likeness (QED) is 0.370. The maximum absolute atomic E-state index is 13.5. The molecule has 0 unspecified atom stereocenters. The van der Waals surface area contributed by atoms with Crippen LogP contribution in [0.15, 0.2) is 60.0 Å². The Morgan fingerprint density at radius 1 is 1.06 bits per heavy atom. The first-order valence-electron chi connectivity index (χ1n) is 12.0. The lowest BCUT2D eigenvalue weighted by molar-refractivity contribution is -0.159. The zero-order valence-corrected chi connectivity index (χ0v) is 21.0. The van der Waals surface area contributed by atoms with Gasteiger partial charge in [0, 0.05) is 10.9 Å². The molecule has 8 heteroatoms. The molecule has 3 aromatic rings. The van der Waals surface area contributed by atoms with Crippen molar-refractivity contribution < 1.29 is 28.2 Å². The largest absolute Gasteiger partial charge is 0.462 e. The van der Waals surface area contributed by atoms with Crippen molar-refractivity contribution in [2.24, 2.45) is 0 Å². The molecule has 1 N–H and O–H groups in total. The maximum atomic E-state index is 13.5. The SMILES string of the molecule is CCOC(=O)c1c(-c2ccccc2)csc1NC(=O)[C@@H](C)OC(=O)C1(c2ccc(F)cc2)CCCC1. The fourth-order valence-electron chi connectivity index (χ4n) is 4.58. The topological polar surface area (TPSA) is 81.7 Å². The van der Waals surface area contributed by atoms with Gasteiger partial charge in [-0.15, -0.1) is 11.3 Å². The number of rotatable bonds is 8. The Bertz CT molecular complexity index is 1230. The summed E-state index contributed by atoms with van der Waals surface area (Å²) in [5.41, 5.74) is 1.52. The van der Waals surface area contributed by atoms with Gasteiger partial charge in [-0.1, -0.05) is 55.3 Å². The van der Waals surface area contributed by atoms with Crippen LogP contribution in [0.4, 0.5) is 9.39 Å². The van der Waals surface area contributed by atoms with Crippen LogP contribution in [-0.4, -0.2) is 30.6 Å². The van der Waals surface area contributed by atoms with E-state index in [2.05, 4.69) is 5.32 Å². The summed E-state index contributed by atoms with van der Waals surface area (Å²) in [5.74, 6) is -1.98. The average Bonchev–Trinajstić information content (AvgIpc) is 3.54. The van der Waals surface area contributed by atoms with Crippen LogP contribution in [0.1, 0.15) is 55.5 Å². The van der Waals surface area contributed by atoms with Crippen molar-refractivity contribution in [3.8, 4) is 11.1 Å². The molecule has 2 aromatic carbocycles. The third-order valence-electron chi connectivity index (χ3n) is 6.49. The minimum atomic E-state index is -1.10. The Balaban J connectivity index is 1.53. The van der Waals surface area contributed by atoms with Crippen molar-refractivity contribution in [1.29, 1.82) is 0 Å². The number of benzene rings is 2. The molecule has 1 fully saturated rings. The summed E-state index contributed by atoms with van der Waals surface area (Å²) in [6.45, 7) is 3.40. The lowest BCUT2D eigenvalue weighted by Crippen LogP contribution is -2.40. The van der Waals surface area contributed by atoms with E-state index < -0.39 is 29.4 Å². The van der Waals surface area contributed by atoms with E-state index >= 15 is 0 Å². The van der Waals surface area contributed by atoms with Crippen molar-refractivity contribution in [1.82, 2.24) is 0 Å². The Kier molecular flexibility index (Phi) is 7.84. The van der Waals surface area contributed by atoms with Gasteiger partial charge in [0.15, 0.2) is 6.10 Å². The molecule has 4 rings (SSSR count). The van der Waals surface area contributed by atoms with Gasteiger partial charge in [-0.05, 0) is 49.9 Å². The minimum absolute atomic E-state index is 0.190. The number of halogens is 1. The van der Waals surface area contributed by atoms with Crippen LogP contribution in [0, 0.1) is 5.82 Å². The molecule has 188 valence electrons. The minimum Gasteiger partial charge on any atom is -0.462 e. The van der Waals surface area contributed by atoms with Crippen molar-refractivity contribution in [3.05, 3.63) is 76.9 Å². The van der Waals surface area contributed by atoms with Gasteiger partial charge in [0.25, 0.3) is 5.91 Å². The highest BCUT2D eigenvalue weighted by Gasteiger charge is 2.45. The number of hydrogen-bond donors (Lipinski definition) is 1. The lowest BCUT2D eigenvalue weighted by atomic mass is 9.79. The summed E-state index contributed by atoms with van der Waals surface area (Å²) in [5, 5.41) is 4.86. The van der Waals surface area contributed by atoms with Gasteiger partial charge in [-0.3, -0.25) is 9.59 Å². The first-order valence-corrected chi connectivity index (χ1v) is 12.9. The first-order chi connectivity index (χ1) is 17.4. The molecule has 0 spiro atoms. The Hall–Kier alpha value is -3.52. The van der Waals surface area contributed by atoms with Crippen molar-refractivity contribution in [3.63, 3.8) is 0 Å². The number of esters is 2. The molecule has 1 aromatic heterocycles. The Morgan fingerprint density at radius 2 is 1.72 bits per heavy atom. The second-order valence-electron chi connectivity index (χ2n) is 8.77. The zero-order valence-electron chi connectivity index (χ0n) is 20.2. The van der Waals surface area contributed by atoms with Gasteiger partial charge in [0.2, 0.25) is 0 Å². The van der Waals surface area contributed by atoms with Crippen molar-refractivity contribution in [2.75, 3.05) is 11.9 Å². The molecule has 0 saturated heterocycles. The summed E-state index contributed by atoms with van der Waals surface area (Å²) in [6.07, 6.45) is 1.72. The first kappa shape index (κ1) is 25.6. The molecule has 1 aliphatic rings. The van der Waals surface area contributed by atoms with Crippen LogP contribution < -0.4 is 5.32 Å². The molecular weight excluding hydrogens is 481 g/mol. The second kappa shape index (κ2) is 11.0. The van der Waals surface area contributed by atoms with Gasteiger partial charge in [0.1, 0.15) is 16.4 Å². The van der Waals surface area contributed by atoms with Gasteiger partial charge < -0.3 is 14.8 Å². The van der Waals surface area contributed by atoms with Gasteiger partial charge in [0.05, 0.1) is 12.0 Å². The van der Waals surface area contributed by atoms with Gasteiger partial charge >= 0.3 is 11.9 Å². The van der Waals surface area contributed by atoms with E-state index in [9.17, 15) is 18.8 Å². The van der Waals surface area contributed by atoms with Crippen LogP contribution in [-0.2, 0) is 24.5 Å². The standard InChI is InChI=1S/C28H28FNO5S/c1-3-34-26(32)23-22(19-9-5-4-6-10-19)17-36-25(23)30-24(31)18(2)35-27(33)28(15-7-8-16-28)20-11-13-21(29)14-12-20/h4-6,9-14,17-18H,3,7-8,15-16H2,1-2H3,(H,30,31)/t18-/m1/s1. The number of ether oxygens (including phenoxy) is 2. The molecule has 0 aliphatic heterocycles. The summed E-state index contributed by atoms with van der Waals surface area (Å²) >= 11 is 1.20. The Morgan fingerprint density at radius 3 is 2.36 bits per heavy atom. The van der Waals surface area contributed by atoms with E-state index in [0.29, 0.717) is 29.0 Å². The molecule has 1 amide bonds. The number of hydrogen-bond acceptors (Lipinski definition) is 6. The third kappa shape index (κ3) is 5.18. The van der Waals surface area contributed by atoms with E-state index in [1.807, 2.05) is 30.3 Å². The fraction of sp³-hybridized carbons (Fsp3) is 0.321. The van der Waals surface area contributed by atoms with E-state index in [-0.39, 0.29) is 18.0 Å². The normalized spacial score (nSPS) is 15.2. The van der Waals surface area contributed by atoms with Crippen molar-refractivity contribution in [2.45, 2.75) is 51.0 Å². The van der Waals surface area contributed by atoms with E-state index in [4.69, 9.17) is 9.47 Å². The number of carbonyl (C=O) groups excluding carboxylic acids is 3. The third-order valence-corrected chi connectivity index (χ3v) is 7.39. The van der Waals surface area contributed by atoms with Crippen molar-refractivity contribution >= 4 is 34.2 Å². The van der Waals surface area contributed by atoms with Crippen LogP contribution in [0.3, 0.4) is 0 Å². The lowest BCUT2D eigenvalue weighted by Gasteiger charge is -2.28. The number of anilines is 1. The van der Waals surface area contributed by atoms with Crippen LogP contribution in [0.2, 0.25) is 0 Å². The second-order valence-corrected chi connectivity index (χ2v) is 9.65. The molecule has 36 heavy (non-hydrogen) atoms. The molecule has 1 heterocycles. The summed E-state index contributed by atoms with van der Waals surface area (Å²) in [6, 6.07) is 15.2. The molecule has 0 bridgehead atoms. The average molecular weight is 510 g/mol. The highest BCUT2D eigenvalue weighted by atomic mass is 32.1. The number of thiophene rings is 1. The van der Waals surface area contributed by atoms with E-state index in [1.54, 1.807) is 24.4 Å². The maximum Gasteiger partial charge on any atom is 0.341 e. The summed E-state index contributed by atoms with van der Waals surface area (Å²) < 4.78 is 24.3. The number of nitrogens with one attached hydrogen (secondary N) is 1. The van der Waals surface area contributed by atoms with Crippen LogP contribution in [0.25, 0.3) is 11.1 Å². The number of amides is 1. The van der Waals surface area contributed by atoms with Crippen LogP contribution >= 0.6 is 11.3 Å². The van der Waals surface area contributed by atoms with Gasteiger partial charge in [-0.25, -0.2) is 9.18 Å². The van der Waals surface area contributed by atoms with E-state index in [0.717, 1.165) is 18.4 Å². The monoisotopic (exact) mass is 509 g/mol. The molecule has 0 radical (unpaired) electrons. The fourth-order valence-corrected chi connectivity index (χ4v) is 5.54. The molecule has 1 saturated carbocycles. The van der Waals surface area contributed by atoms with Crippen LogP contribution in [0.5, 0.6) is 0 Å². The Labute approximate surface area is 213 Å². The highest BCUT2D eigenvalue weighted by Crippen LogP contribution is 2.42.